The SMILES string of the molecule is CC.CCCCC1C(c2ccc(F)cc2)=NN(c2ccccc2)C1(C)C(=O)NCCCCO. The number of carbonyl (C=O) groups is 1. The molecule has 0 bridgehead atoms. The highest BCUT2D eigenvalue weighted by atomic mass is 19.1. The van der Waals surface area contributed by atoms with E-state index < -0.39 is 5.54 Å². The topological polar surface area (TPSA) is 64.9 Å². The molecular weight excluding hydrogens is 417 g/mol. The molecule has 2 aromatic carbocycles. The van der Waals surface area contributed by atoms with Crippen LogP contribution in [0.2, 0.25) is 0 Å². The van der Waals surface area contributed by atoms with Crippen molar-refractivity contribution in [3.63, 3.8) is 0 Å². The van der Waals surface area contributed by atoms with Gasteiger partial charge in [-0.1, -0.05) is 63.9 Å². The van der Waals surface area contributed by atoms with Crippen molar-refractivity contribution in [2.45, 2.75) is 65.3 Å². The van der Waals surface area contributed by atoms with Gasteiger partial charge in [-0.2, -0.15) is 5.10 Å². The van der Waals surface area contributed by atoms with Gasteiger partial charge >= 0.3 is 0 Å². The monoisotopic (exact) mass is 455 g/mol. The Bertz CT molecular complexity index is 886. The number of rotatable bonds is 10. The summed E-state index contributed by atoms with van der Waals surface area (Å²) in [4.78, 5) is 13.6. The molecule has 2 atom stereocenters. The molecule has 3 rings (SSSR count). The first-order valence-corrected chi connectivity index (χ1v) is 12.1. The van der Waals surface area contributed by atoms with E-state index in [9.17, 15) is 9.18 Å². The van der Waals surface area contributed by atoms with Crippen LogP contribution in [0.3, 0.4) is 0 Å². The molecule has 1 aliphatic rings. The minimum Gasteiger partial charge on any atom is -0.396 e. The van der Waals surface area contributed by atoms with Crippen LogP contribution in [-0.2, 0) is 4.79 Å². The number of hydrogen-bond donors (Lipinski definition) is 2. The molecule has 2 N–H and O–H groups in total. The number of hydrazone groups is 1. The van der Waals surface area contributed by atoms with Crippen LogP contribution in [0.15, 0.2) is 59.7 Å². The summed E-state index contributed by atoms with van der Waals surface area (Å²) in [5.41, 5.74) is 1.57. The molecule has 5 nitrogen and oxygen atoms in total. The minimum absolute atomic E-state index is 0.0868. The Kier molecular flexibility index (Phi) is 10.5. The third-order valence-electron chi connectivity index (χ3n) is 5.97. The van der Waals surface area contributed by atoms with Gasteiger partial charge in [-0.15, -0.1) is 0 Å². The third kappa shape index (κ3) is 6.20. The Morgan fingerprint density at radius 3 is 2.36 bits per heavy atom. The second kappa shape index (κ2) is 13.1. The molecule has 0 aromatic heterocycles. The molecule has 0 spiro atoms. The fourth-order valence-corrected chi connectivity index (χ4v) is 4.17. The summed E-state index contributed by atoms with van der Waals surface area (Å²) >= 11 is 0. The van der Waals surface area contributed by atoms with Crippen LogP contribution >= 0.6 is 0 Å². The summed E-state index contributed by atoms with van der Waals surface area (Å²) in [5.74, 6) is -0.524. The first-order chi connectivity index (χ1) is 16.0. The summed E-state index contributed by atoms with van der Waals surface area (Å²) in [6.07, 6.45) is 4.13. The lowest BCUT2D eigenvalue weighted by Gasteiger charge is -2.37. The Morgan fingerprint density at radius 2 is 1.76 bits per heavy atom. The van der Waals surface area contributed by atoms with Gasteiger partial charge in [0.2, 0.25) is 5.91 Å². The van der Waals surface area contributed by atoms with E-state index in [2.05, 4.69) is 12.2 Å². The molecule has 1 amide bonds. The number of benzene rings is 2. The summed E-state index contributed by atoms with van der Waals surface area (Å²) in [6.45, 7) is 8.69. The predicted octanol–water partition coefficient (Wildman–Crippen LogP) is 5.53. The van der Waals surface area contributed by atoms with E-state index in [0.29, 0.717) is 13.0 Å². The van der Waals surface area contributed by atoms with Gasteiger partial charge in [0.25, 0.3) is 0 Å². The zero-order valence-electron chi connectivity index (χ0n) is 20.4. The van der Waals surface area contributed by atoms with Crippen LogP contribution in [0.4, 0.5) is 10.1 Å². The first kappa shape index (κ1) is 26.5. The zero-order valence-corrected chi connectivity index (χ0v) is 20.4. The van der Waals surface area contributed by atoms with E-state index in [1.165, 1.54) is 12.1 Å². The number of carbonyl (C=O) groups excluding carboxylic acids is 1. The molecule has 1 aliphatic heterocycles. The molecule has 2 unspecified atom stereocenters. The number of anilines is 1. The van der Waals surface area contributed by atoms with Crippen LogP contribution < -0.4 is 10.3 Å². The Hall–Kier alpha value is -2.73. The minimum atomic E-state index is -0.917. The molecule has 0 aliphatic carbocycles. The van der Waals surface area contributed by atoms with Gasteiger partial charge in [0.05, 0.1) is 11.4 Å². The molecule has 0 fully saturated rings. The fraction of sp³-hybridized carbons (Fsp3) is 0.481. The first-order valence-electron chi connectivity index (χ1n) is 12.1. The van der Waals surface area contributed by atoms with E-state index in [4.69, 9.17) is 10.2 Å². The molecular formula is C27H38FN3O2. The molecule has 2 aromatic rings. The van der Waals surface area contributed by atoms with E-state index in [0.717, 1.165) is 42.6 Å². The van der Waals surface area contributed by atoms with Crippen molar-refractivity contribution in [1.82, 2.24) is 5.32 Å². The number of halogens is 1. The molecule has 0 saturated carbocycles. The third-order valence-corrected chi connectivity index (χ3v) is 5.97. The van der Waals surface area contributed by atoms with Gasteiger partial charge in [0, 0.05) is 19.1 Å². The van der Waals surface area contributed by atoms with Crippen molar-refractivity contribution in [2.75, 3.05) is 18.2 Å². The molecule has 0 radical (unpaired) electrons. The van der Waals surface area contributed by atoms with E-state index in [1.807, 2.05) is 56.1 Å². The molecule has 0 saturated heterocycles. The summed E-state index contributed by atoms with van der Waals surface area (Å²) in [6, 6.07) is 16.0. The molecule has 1 heterocycles. The van der Waals surface area contributed by atoms with Gasteiger partial charge in [-0.05, 0) is 56.0 Å². The van der Waals surface area contributed by atoms with Gasteiger partial charge in [0.15, 0.2) is 0 Å². The largest absolute Gasteiger partial charge is 0.396 e. The van der Waals surface area contributed by atoms with Crippen molar-refractivity contribution in [2.24, 2.45) is 11.0 Å². The lowest BCUT2D eigenvalue weighted by atomic mass is 9.77. The van der Waals surface area contributed by atoms with Crippen LogP contribution in [-0.4, -0.2) is 35.4 Å². The number of nitrogens with one attached hydrogen (secondary N) is 1. The maximum absolute atomic E-state index is 13.6. The van der Waals surface area contributed by atoms with Crippen molar-refractivity contribution >= 4 is 17.3 Å². The summed E-state index contributed by atoms with van der Waals surface area (Å²) < 4.78 is 13.6. The van der Waals surface area contributed by atoms with Crippen LogP contribution in [0.5, 0.6) is 0 Å². The highest BCUT2D eigenvalue weighted by Gasteiger charge is 2.53. The van der Waals surface area contributed by atoms with Gasteiger partial charge in [-0.3, -0.25) is 4.79 Å². The second-order valence-electron chi connectivity index (χ2n) is 8.17. The number of amides is 1. The number of aliphatic hydroxyl groups is 1. The van der Waals surface area contributed by atoms with Crippen molar-refractivity contribution in [1.29, 1.82) is 0 Å². The normalized spacial score (nSPS) is 19.5. The van der Waals surface area contributed by atoms with Crippen molar-refractivity contribution in [3.05, 3.63) is 66.0 Å². The average molecular weight is 456 g/mol. The van der Waals surface area contributed by atoms with Crippen LogP contribution in [0, 0.1) is 11.7 Å². The number of aliphatic hydroxyl groups excluding tert-OH is 1. The van der Waals surface area contributed by atoms with Crippen molar-refractivity contribution in [3.8, 4) is 0 Å². The lowest BCUT2D eigenvalue weighted by Crippen LogP contribution is -2.58. The summed E-state index contributed by atoms with van der Waals surface area (Å²) in [5, 5.41) is 18.9. The molecule has 180 valence electrons. The van der Waals surface area contributed by atoms with Gasteiger partial charge in [-0.25, -0.2) is 9.40 Å². The number of hydrogen-bond acceptors (Lipinski definition) is 4. The smallest absolute Gasteiger partial charge is 0.248 e. The van der Waals surface area contributed by atoms with Gasteiger partial charge < -0.3 is 10.4 Å². The maximum atomic E-state index is 13.6. The van der Waals surface area contributed by atoms with E-state index in [-0.39, 0.29) is 24.2 Å². The highest BCUT2D eigenvalue weighted by molar-refractivity contribution is 6.10. The zero-order chi connectivity index (χ0) is 24.3. The standard InChI is InChI=1S/C25H32FN3O2.C2H6/c1-3-4-12-22-23(19-13-15-20(26)16-14-19)28-29(21-10-6-5-7-11-21)25(22,2)24(31)27-17-8-9-18-30;1-2/h5-7,10-11,13-16,22,30H,3-4,8-9,12,17-18H2,1-2H3,(H,27,31);1-2H3. The Balaban J connectivity index is 0.00000187. The maximum Gasteiger partial charge on any atom is 0.248 e. The van der Waals surface area contributed by atoms with E-state index >= 15 is 0 Å². The Labute approximate surface area is 197 Å². The van der Waals surface area contributed by atoms with Gasteiger partial charge in [0.1, 0.15) is 11.4 Å². The molecule has 6 heteroatoms. The predicted molar refractivity (Wildman–Crippen MR) is 134 cm³/mol. The average Bonchev–Trinajstić information content (AvgIpc) is 3.16. The highest BCUT2D eigenvalue weighted by Crippen LogP contribution is 2.41. The Morgan fingerprint density at radius 1 is 1.09 bits per heavy atom. The molecule has 33 heavy (non-hydrogen) atoms. The number of nitrogens with zero attached hydrogens (tertiary/aromatic N) is 2. The van der Waals surface area contributed by atoms with Crippen LogP contribution in [0.1, 0.15) is 65.4 Å². The summed E-state index contributed by atoms with van der Waals surface area (Å²) in [7, 11) is 0. The van der Waals surface area contributed by atoms with Crippen LogP contribution in [0.25, 0.3) is 0 Å². The number of unbranched alkanes of at least 4 members (excludes halogenated alkanes) is 2. The number of para-hydroxylation sites is 1. The second-order valence-corrected chi connectivity index (χ2v) is 8.17. The lowest BCUT2D eigenvalue weighted by molar-refractivity contribution is -0.126. The van der Waals surface area contributed by atoms with Crippen molar-refractivity contribution < 1.29 is 14.3 Å². The van der Waals surface area contributed by atoms with E-state index in [1.54, 1.807) is 12.1 Å². The fourth-order valence-electron chi connectivity index (χ4n) is 4.17. The quantitative estimate of drug-likeness (QED) is 0.463.